The lowest BCUT2D eigenvalue weighted by Gasteiger charge is -2.09. The topological polar surface area (TPSA) is 41.5 Å². The van der Waals surface area contributed by atoms with Crippen LogP contribution < -0.4 is 5.32 Å². The number of ether oxygens (including phenoxy) is 1. The summed E-state index contributed by atoms with van der Waals surface area (Å²) in [7, 11) is 1.58. The number of aliphatic hydroxyl groups is 1. The van der Waals surface area contributed by atoms with Crippen LogP contribution >= 0.6 is 0 Å². The minimum atomic E-state index is -0.380. The van der Waals surface area contributed by atoms with E-state index >= 15 is 0 Å². The van der Waals surface area contributed by atoms with Gasteiger partial charge in [-0.05, 0) is 19.2 Å². The third-order valence-corrected chi connectivity index (χ3v) is 1.62. The smallest absolute Gasteiger partial charge is 0.104 e. The molecule has 68 valence electrons. The number of methoxy groups -OCH3 is 1. The Kier molecular flexibility index (Phi) is 8.50. The van der Waals surface area contributed by atoms with Gasteiger partial charge in [-0.25, -0.2) is 0 Å². The van der Waals surface area contributed by atoms with Crippen molar-refractivity contribution in [2.24, 2.45) is 0 Å². The summed E-state index contributed by atoms with van der Waals surface area (Å²) in [5, 5.41) is 12.3. The van der Waals surface area contributed by atoms with Crippen LogP contribution in [0, 0.1) is 0 Å². The number of nitrogens with one attached hydrogen (secondary N) is 1. The van der Waals surface area contributed by atoms with Gasteiger partial charge in [-0.1, -0.05) is 0 Å². The lowest BCUT2D eigenvalue weighted by Crippen LogP contribution is -2.30. The number of aliphatic hydroxyl groups excluding tert-OH is 1. The van der Waals surface area contributed by atoms with E-state index in [4.69, 9.17) is 9.84 Å². The molecule has 0 saturated heterocycles. The first-order chi connectivity index (χ1) is 5.31. The summed E-state index contributed by atoms with van der Waals surface area (Å²) >= 11 is 3.36. The van der Waals surface area contributed by atoms with Crippen LogP contribution in [0.1, 0.15) is 6.42 Å². The maximum absolute atomic E-state index is 9.15. The maximum atomic E-state index is 9.15. The van der Waals surface area contributed by atoms with E-state index in [-0.39, 0.29) is 6.10 Å². The van der Waals surface area contributed by atoms with Crippen molar-refractivity contribution in [2.75, 3.05) is 32.6 Å². The summed E-state index contributed by atoms with van der Waals surface area (Å²) in [4.78, 5) is 0. The van der Waals surface area contributed by atoms with E-state index < -0.39 is 0 Å². The molecule has 0 aromatic heterocycles. The zero-order valence-corrected chi connectivity index (χ0v) is 7.97. The van der Waals surface area contributed by atoms with E-state index in [0.29, 0.717) is 13.2 Å². The third kappa shape index (κ3) is 8.13. The Morgan fingerprint density at radius 1 is 1.64 bits per heavy atom. The van der Waals surface area contributed by atoms with Crippen molar-refractivity contribution < 1.29 is 9.84 Å². The summed E-state index contributed by atoms with van der Waals surface area (Å²) in [5.74, 6) is 0.993. The summed E-state index contributed by atoms with van der Waals surface area (Å²) in [6.07, 6.45) is 0.700. The molecule has 0 aromatic carbocycles. The van der Waals surface area contributed by atoms with E-state index in [0.717, 1.165) is 18.7 Å². The zero-order valence-electron chi connectivity index (χ0n) is 6.97. The van der Waals surface area contributed by atoms with Crippen LogP contribution in [0.2, 0.25) is 0 Å². The molecule has 0 spiro atoms. The van der Waals surface area contributed by atoms with E-state index in [9.17, 15) is 0 Å². The standard InChI is InChI=1S/C7H17NO2S/c1-10-6-7(9)5-8-3-2-4-11/h7-9,11H,2-6H2,1H3/p+1. The van der Waals surface area contributed by atoms with Gasteiger partial charge in [0.15, 0.2) is 0 Å². The van der Waals surface area contributed by atoms with Crippen LogP contribution in [0.5, 0.6) is 0 Å². The fraction of sp³-hybridized carbons (Fsp3) is 1.00. The molecule has 0 amide bonds. The van der Waals surface area contributed by atoms with Gasteiger partial charge in [0.25, 0.3) is 0 Å². The first-order valence-corrected chi connectivity index (χ1v) is 4.54. The molecule has 0 aliphatic heterocycles. The molecular formula is C7H18NO2S+. The highest BCUT2D eigenvalue weighted by Crippen LogP contribution is 1.81. The summed E-state index contributed by atoms with van der Waals surface area (Å²) in [6, 6.07) is 0. The molecule has 0 heterocycles. The van der Waals surface area contributed by atoms with E-state index in [1.165, 1.54) is 0 Å². The number of hydrogen-bond acceptors (Lipinski definition) is 3. The van der Waals surface area contributed by atoms with Gasteiger partial charge in [-0.2, -0.15) is 0 Å². The predicted molar refractivity (Wildman–Crippen MR) is 50.4 cm³/mol. The minimum Gasteiger partial charge on any atom is -0.389 e. The molecule has 0 aromatic rings. The minimum absolute atomic E-state index is 0.380. The molecule has 3 nitrogen and oxygen atoms in total. The molecular weight excluding hydrogens is 162 g/mol. The van der Waals surface area contributed by atoms with Crippen molar-refractivity contribution in [3.63, 3.8) is 0 Å². The molecule has 1 atom stereocenters. The van der Waals surface area contributed by atoms with Crippen molar-refractivity contribution in [3.05, 3.63) is 0 Å². The van der Waals surface area contributed by atoms with Gasteiger partial charge in [0.1, 0.15) is 5.75 Å². The average Bonchev–Trinajstić information content (AvgIpc) is 1.99. The Hall–Kier alpha value is 0.230. The van der Waals surface area contributed by atoms with Crippen molar-refractivity contribution in [1.82, 2.24) is 5.32 Å². The lowest BCUT2D eigenvalue weighted by molar-refractivity contribution is 0.0647. The number of rotatable bonds is 7. The Labute approximate surface area is 73.5 Å². The number of hydrogen-bond donors (Lipinski definition) is 2. The molecule has 0 saturated carbocycles. The SMILES string of the molecule is COCC(O)CNCCC[SH2+]. The van der Waals surface area contributed by atoms with Crippen LogP contribution in [0.25, 0.3) is 0 Å². The van der Waals surface area contributed by atoms with Crippen LogP contribution in [-0.4, -0.2) is 43.8 Å². The Morgan fingerprint density at radius 3 is 2.91 bits per heavy atom. The van der Waals surface area contributed by atoms with Crippen LogP contribution in [0.15, 0.2) is 0 Å². The molecule has 0 radical (unpaired) electrons. The fourth-order valence-electron chi connectivity index (χ4n) is 0.733. The summed E-state index contributed by atoms with van der Waals surface area (Å²) in [5.41, 5.74) is 0. The van der Waals surface area contributed by atoms with Crippen molar-refractivity contribution in [2.45, 2.75) is 12.5 Å². The average molecular weight is 180 g/mol. The lowest BCUT2D eigenvalue weighted by atomic mass is 10.3. The summed E-state index contributed by atoms with van der Waals surface area (Å²) in [6.45, 7) is 1.95. The highest BCUT2D eigenvalue weighted by Gasteiger charge is 2.00. The maximum Gasteiger partial charge on any atom is 0.104 e. The molecule has 0 rings (SSSR count). The molecule has 4 heteroatoms. The van der Waals surface area contributed by atoms with Crippen LogP contribution in [0.3, 0.4) is 0 Å². The van der Waals surface area contributed by atoms with Gasteiger partial charge >= 0.3 is 0 Å². The third-order valence-electron chi connectivity index (χ3n) is 1.27. The van der Waals surface area contributed by atoms with E-state index in [1.54, 1.807) is 7.11 Å². The second kappa shape index (κ2) is 8.33. The molecule has 0 bridgehead atoms. The van der Waals surface area contributed by atoms with E-state index in [1.807, 2.05) is 0 Å². The van der Waals surface area contributed by atoms with Crippen molar-refractivity contribution in [3.8, 4) is 0 Å². The molecule has 0 fully saturated rings. The highest BCUT2D eigenvalue weighted by atomic mass is 32.1. The Morgan fingerprint density at radius 2 is 2.36 bits per heavy atom. The molecule has 2 N–H and O–H groups in total. The van der Waals surface area contributed by atoms with Gasteiger partial charge in [-0.15, -0.1) is 0 Å². The van der Waals surface area contributed by atoms with Gasteiger partial charge in [0.05, 0.1) is 12.7 Å². The Balaban J connectivity index is 2.97. The normalized spacial score (nSPS) is 13.4. The summed E-state index contributed by atoms with van der Waals surface area (Å²) < 4.78 is 4.76. The first-order valence-electron chi connectivity index (χ1n) is 3.83. The fourth-order valence-corrected chi connectivity index (χ4v) is 0.910. The molecule has 1 unspecified atom stereocenters. The van der Waals surface area contributed by atoms with E-state index in [2.05, 4.69) is 17.9 Å². The van der Waals surface area contributed by atoms with Crippen LogP contribution in [-0.2, 0) is 17.4 Å². The molecule has 11 heavy (non-hydrogen) atoms. The monoisotopic (exact) mass is 180 g/mol. The largest absolute Gasteiger partial charge is 0.389 e. The quantitative estimate of drug-likeness (QED) is 0.389. The second-order valence-electron chi connectivity index (χ2n) is 2.42. The van der Waals surface area contributed by atoms with Gasteiger partial charge < -0.3 is 15.2 Å². The molecule has 0 aliphatic carbocycles. The first kappa shape index (κ1) is 11.2. The molecule has 0 aliphatic rings. The Bertz CT molecular complexity index is 82.8. The van der Waals surface area contributed by atoms with Crippen molar-refractivity contribution >= 4 is 12.6 Å². The van der Waals surface area contributed by atoms with Gasteiger partial charge in [0, 0.05) is 20.1 Å². The van der Waals surface area contributed by atoms with Crippen molar-refractivity contribution in [1.29, 1.82) is 0 Å². The van der Waals surface area contributed by atoms with Gasteiger partial charge in [-0.3, -0.25) is 0 Å². The van der Waals surface area contributed by atoms with Crippen LogP contribution in [0.4, 0.5) is 0 Å². The van der Waals surface area contributed by atoms with Gasteiger partial charge in [0.2, 0.25) is 0 Å². The second-order valence-corrected chi connectivity index (χ2v) is 2.92. The highest BCUT2D eigenvalue weighted by molar-refractivity contribution is 7.58. The zero-order chi connectivity index (χ0) is 8.53. The predicted octanol–water partition coefficient (Wildman–Crippen LogP) is -1.02.